The van der Waals surface area contributed by atoms with Gasteiger partial charge in [0.2, 0.25) is 11.9 Å². The van der Waals surface area contributed by atoms with E-state index in [-0.39, 0.29) is 11.8 Å². The highest BCUT2D eigenvalue weighted by Gasteiger charge is 2.08. The van der Waals surface area contributed by atoms with Crippen molar-refractivity contribution >= 4 is 34.8 Å². The van der Waals surface area contributed by atoms with Crippen LogP contribution in [-0.4, -0.2) is 28.9 Å². The standard InChI is InChI=1S/C20H19N5O3/c1-13(26)23-15-6-8-16(9-7-15)24-19(27)14-11-21-20(22-12-14)25-17-4-3-5-18(10-17)28-2/h3-12H,1-2H3,(H,23,26)(H,24,27)(H,21,22,25). The van der Waals surface area contributed by atoms with Crippen molar-refractivity contribution < 1.29 is 14.3 Å². The molecule has 3 rings (SSSR count). The molecule has 0 aliphatic heterocycles. The second-order valence-corrected chi connectivity index (χ2v) is 5.86. The molecule has 3 N–H and O–H groups in total. The largest absolute Gasteiger partial charge is 0.497 e. The van der Waals surface area contributed by atoms with Gasteiger partial charge in [-0.3, -0.25) is 9.59 Å². The molecule has 2 amide bonds. The highest BCUT2D eigenvalue weighted by Crippen LogP contribution is 2.19. The Kier molecular flexibility index (Phi) is 5.81. The molecule has 142 valence electrons. The first kappa shape index (κ1) is 18.8. The molecule has 0 saturated carbocycles. The summed E-state index contributed by atoms with van der Waals surface area (Å²) < 4.78 is 5.17. The number of rotatable bonds is 6. The van der Waals surface area contributed by atoms with E-state index in [1.54, 1.807) is 31.4 Å². The minimum atomic E-state index is -0.333. The van der Waals surface area contributed by atoms with Gasteiger partial charge in [-0.25, -0.2) is 9.97 Å². The summed E-state index contributed by atoms with van der Waals surface area (Å²) in [6, 6.07) is 14.2. The Bertz CT molecular complexity index is 972. The van der Waals surface area contributed by atoms with Crippen LogP contribution in [0.25, 0.3) is 0 Å². The summed E-state index contributed by atoms with van der Waals surface area (Å²) in [4.78, 5) is 31.7. The number of aromatic nitrogens is 2. The fraction of sp³-hybridized carbons (Fsp3) is 0.100. The summed E-state index contributed by atoms with van der Waals surface area (Å²) >= 11 is 0. The maximum absolute atomic E-state index is 12.3. The zero-order valence-electron chi connectivity index (χ0n) is 15.4. The number of carbonyl (C=O) groups excluding carboxylic acids is 2. The number of ether oxygens (including phenoxy) is 1. The Morgan fingerprint density at radius 3 is 2.14 bits per heavy atom. The van der Waals surface area contributed by atoms with Crippen molar-refractivity contribution in [3.05, 3.63) is 66.5 Å². The summed E-state index contributed by atoms with van der Waals surface area (Å²) in [7, 11) is 1.59. The number of hydrogen-bond acceptors (Lipinski definition) is 6. The molecule has 0 atom stereocenters. The Hall–Kier alpha value is -3.94. The van der Waals surface area contributed by atoms with Gasteiger partial charge in [-0.1, -0.05) is 6.07 Å². The summed E-state index contributed by atoms with van der Waals surface area (Å²) in [5.41, 5.74) is 2.34. The number of nitrogens with one attached hydrogen (secondary N) is 3. The van der Waals surface area contributed by atoms with Crippen molar-refractivity contribution in [1.29, 1.82) is 0 Å². The van der Waals surface area contributed by atoms with Gasteiger partial charge in [0.05, 0.1) is 12.7 Å². The van der Waals surface area contributed by atoms with Gasteiger partial charge in [0.25, 0.3) is 5.91 Å². The molecule has 1 heterocycles. The van der Waals surface area contributed by atoms with Crippen LogP contribution in [0.2, 0.25) is 0 Å². The van der Waals surface area contributed by atoms with Crippen molar-refractivity contribution in [3.63, 3.8) is 0 Å². The van der Waals surface area contributed by atoms with E-state index in [0.717, 1.165) is 5.69 Å². The fourth-order valence-corrected chi connectivity index (χ4v) is 2.38. The predicted molar refractivity (Wildman–Crippen MR) is 107 cm³/mol. The third kappa shape index (κ3) is 5.04. The molecule has 0 radical (unpaired) electrons. The van der Waals surface area contributed by atoms with E-state index < -0.39 is 0 Å². The summed E-state index contributed by atoms with van der Waals surface area (Å²) in [5.74, 6) is 0.590. The van der Waals surface area contributed by atoms with Crippen LogP contribution >= 0.6 is 0 Å². The van der Waals surface area contributed by atoms with Crippen LogP contribution in [0.5, 0.6) is 5.75 Å². The van der Waals surface area contributed by atoms with Gasteiger partial charge in [-0.15, -0.1) is 0 Å². The first-order valence-electron chi connectivity index (χ1n) is 8.45. The number of anilines is 4. The van der Waals surface area contributed by atoms with E-state index in [1.807, 2.05) is 24.3 Å². The lowest BCUT2D eigenvalue weighted by molar-refractivity contribution is -0.114. The molecule has 3 aromatic rings. The number of benzene rings is 2. The van der Waals surface area contributed by atoms with E-state index in [0.29, 0.717) is 28.6 Å². The van der Waals surface area contributed by atoms with Crippen molar-refractivity contribution in [2.75, 3.05) is 23.1 Å². The summed E-state index contributed by atoms with van der Waals surface area (Å²) in [6.45, 7) is 1.43. The Morgan fingerprint density at radius 2 is 1.54 bits per heavy atom. The van der Waals surface area contributed by atoms with Crippen LogP contribution in [0.15, 0.2) is 60.9 Å². The van der Waals surface area contributed by atoms with Crippen LogP contribution < -0.4 is 20.7 Å². The molecule has 0 spiro atoms. The molecule has 28 heavy (non-hydrogen) atoms. The average molecular weight is 377 g/mol. The Balaban J connectivity index is 1.62. The zero-order valence-corrected chi connectivity index (χ0v) is 15.4. The number of amides is 2. The molecular formula is C20H19N5O3. The van der Waals surface area contributed by atoms with Gasteiger partial charge in [-0.05, 0) is 36.4 Å². The zero-order chi connectivity index (χ0) is 19.9. The van der Waals surface area contributed by atoms with Gasteiger partial charge in [0.1, 0.15) is 5.75 Å². The summed E-state index contributed by atoms with van der Waals surface area (Å²) in [5, 5.41) is 8.47. The monoisotopic (exact) mass is 377 g/mol. The maximum atomic E-state index is 12.3. The Labute approximate surface area is 162 Å². The van der Waals surface area contributed by atoms with Crippen molar-refractivity contribution in [2.45, 2.75) is 6.92 Å². The normalized spacial score (nSPS) is 10.1. The lowest BCUT2D eigenvalue weighted by Gasteiger charge is -2.08. The molecule has 0 unspecified atom stereocenters. The molecule has 0 fully saturated rings. The number of nitrogens with zero attached hydrogens (tertiary/aromatic N) is 2. The Morgan fingerprint density at radius 1 is 0.893 bits per heavy atom. The highest BCUT2D eigenvalue weighted by atomic mass is 16.5. The molecule has 0 aliphatic carbocycles. The van der Waals surface area contributed by atoms with Crippen LogP contribution in [0.3, 0.4) is 0 Å². The minimum absolute atomic E-state index is 0.156. The molecule has 8 nitrogen and oxygen atoms in total. The SMILES string of the molecule is COc1cccc(Nc2ncc(C(=O)Nc3ccc(NC(C)=O)cc3)cn2)c1. The molecule has 1 aromatic heterocycles. The van der Waals surface area contributed by atoms with E-state index in [2.05, 4.69) is 25.9 Å². The number of carbonyl (C=O) groups is 2. The van der Waals surface area contributed by atoms with Gasteiger partial charge in [-0.2, -0.15) is 0 Å². The lowest BCUT2D eigenvalue weighted by atomic mass is 10.2. The summed E-state index contributed by atoms with van der Waals surface area (Å²) in [6.07, 6.45) is 2.88. The highest BCUT2D eigenvalue weighted by molar-refractivity contribution is 6.04. The van der Waals surface area contributed by atoms with Crippen LogP contribution in [0.1, 0.15) is 17.3 Å². The molecule has 2 aromatic carbocycles. The first-order chi connectivity index (χ1) is 13.5. The minimum Gasteiger partial charge on any atom is -0.497 e. The van der Waals surface area contributed by atoms with Crippen molar-refractivity contribution in [1.82, 2.24) is 9.97 Å². The van der Waals surface area contributed by atoms with E-state index in [9.17, 15) is 9.59 Å². The van der Waals surface area contributed by atoms with Gasteiger partial charge >= 0.3 is 0 Å². The lowest BCUT2D eigenvalue weighted by Crippen LogP contribution is -2.13. The number of methoxy groups -OCH3 is 1. The topological polar surface area (TPSA) is 105 Å². The van der Waals surface area contributed by atoms with Crippen molar-refractivity contribution in [2.24, 2.45) is 0 Å². The van der Waals surface area contributed by atoms with E-state index in [4.69, 9.17) is 4.74 Å². The van der Waals surface area contributed by atoms with Gasteiger partial charge in [0.15, 0.2) is 0 Å². The molecule has 8 heteroatoms. The molecule has 0 bridgehead atoms. The second-order valence-electron chi connectivity index (χ2n) is 5.86. The predicted octanol–water partition coefficient (Wildman–Crippen LogP) is 3.44. The van der Waals surface area contributed by atoms with Gasteiger partial charge in [0, 0.05) is 42.4 Å². The van der Waals surface area contributed by atoms with Crippen LogP contribution in [-0.2, 0) is 4.79 Å². The van der Waals surface area contributed by atoms with Crippen molar-refractivity contribution in [3.8, 4) is 5.75 Å². The van der Waals surface area contributed by atoms with Crippen LogP contribution in [0.4, 0.5) is 23.0 Å². The fourth-order valence-electron chi connectivity index (χ4n) is 2.38. The second kappa shape index (κ2) is 8.63. The van der Waals surface area contributed by atoms with E-state index >= 15 is 0 Å². The smallest absolute Gasteiger partial charge is 0.258 e. The first-order valence-corrected chi connectivity index (χ1v) is 8.45. The van der Waals surface area contributed by atoms with E-state index in [1.165, 1.54) is 19.3 Å². The quantitative estimate of drug-likeness (QED) is 0.608. The molecule has 0 aliphatic rings. The third-order valence-corrected chi connectivity index (χ3v) is 3.70. The van der Waals surface area contributed by atoms with Crippen LogP contribution in [0, 0.1) is 0 Å². The number of hydrogen-bond donors (Lipinski definition) is 3. The molecular weight excluding hydrogens is 358 g/mol. The van der Waals surface area contributed by atoms with Gasteiger partial charge < -0.3 is 20.7 Å². The third-order valence-electron chi connectivity index (χ3n) is 3.70. The molecule has 0 saturated heterocycles. The average Bonchev–Trinajstić information content (AvgIpc) is 2.70. The maximum Gasteiger partial charge on any atom is 0.258 e.